The van der Waals surface area contributed by atoms with Crippen molar-refractivity contribution in [1.29, 1.82) is 0 Å². The Kier molecular flexibility index (Phi) is 3.26. The fourth-order valence-electron chi connectivity index (χ4n) is 1.35. The summed E-state index contributed by atoms with van der Waals surface area (Å²) in [4.78, 5) is 4.64. The molecular formula is C10H13F2NO2. The van der Waals surface area contributed by atoms with Crippen molar-refractivity contribution < 1.29 is 18.4 Å². The number of nitrogens with two attached hydrogens (primary N) is 1. The number of hydrogen-bond donors (Lipinski definition) is 1. The summed E-state index contributed by atoms with van der Waals surface area (Å²) >= 11 is 0. The van der Waals surface area contributed by atoms with E-state index >= 15 is 0 Å². The Morgan fingerprint density at radius 3 is 2.33 bits per heavy atom. The van der Waals surface area contributed by atoms with E-state index in [-0.39, 0.29) is 11.3 Å². The maximum atomic E-state index is 13.5. The molecule has 0 amide bonds. The summed E-state index contributed by atoms with van der Waals surface area (Å²) in [7, 11) is 1.32. The molecule has 0 fully saturated rings. The van der Waals surface area contributed by atoms with E-state index in [1.54, 1.807) is 13.8 Å². The number of ether oxygens (including phenoxy) is 1. The molecule has 15 heavy (non-hydrogen) atoms. The largest absolute Gasteiger partial charge is 0.496 e. The number of hydrogen-bond acceptors (Lipinski definition) is 3. The fourth-order valence-corrected chi connectivity index (χ4v) is 1.35. The Morgan fingerprint density at radius 1 is 1.27 bits per heavy atom. The summed E-state index contributed by atoms with van der Waals surface area (Å²) < 4.78 is 31.3. The van der Waals surface area contributed by atoms with Gasteiger partial charge in [-0.2, -0.15) is 0 Å². The zero-order chi connectivity index (χ0) is 11.6. The lowest BCUT2D eigenvalue weighted by Crippen LogP contribution is -2.27. The zero-order valence-corrected chi connectivity index (χ0v) is 8.80. The minimum Gasteiger partial charge on any atom is -0.496 e. The molecule has 0 bridgehead atoms. The van der Waals surface area contributed by atoms with E-state index in [1.165, 1.54) is 7.11 Å². The summed E-state index contributed by atoms with van der Waals surface area (Å²) in [5.74, 6) is 3.67. The van der Waals surface area contributed by atoms with E-state index in [0.717, 1.165) is 12.1 Å². The van der Waals surface area contributed by atoms with Crippen LogP contribution in [-0.4, -0.2) is 7.11 Å². The molecule has 0 aliphatic carbocycles. The van der Waals surface area contributed by atoms with Gasteiger partial charge in [0.2, 0.25) is 0 Å². The van der Waals surface area contributed by atoms with Crippen molar-refractivity contribution in [2.45, 2.75) is 19.4 Å². The van der Waals surface area contributed by atoms with Crippen molar-refractivity contribution in [3.05, 3.63) is 29.3 Å². The Balaban J connectivity index is 3.39. The van der Waals surface area contributed by atoms with Crippen molar-refractivity contribution in [1.82, 2.24) is 0 Å². The molecule has 0 aliphatic heterocycles. The molecule has 0 aliphatic rings. The summed E-state index contributed by atoms with van der Waals surface area (Å²) in [6.45, 7) is 3.12. The SMILES string of the molecule is COc1cc(F)cc(F)c1C(C)(C)ON. The van der Waals surface area contributed by atoms with Gasteiger partial charge in [0, 0.05) is 12.1 Å². The third-order valence-electron chi connectivity index (χ3n) is 2.14. The molecular weight excluding hydrogens is 204 g/mol. The van der Waals surface area contributed by atoms with Crippen molar-refractivity contribution >= 4 is 0 Å². The monoisotopic (exact) mass is 217 g/mol. The first kappa shape index (κ1) is 11.9. The predicted molar refractivity (Wildman–Crippen MR) is 51.2 cm³/mol. The van der Waals surface area contributed by atoms with Crippen LogP contribution in [0.2, 0.25) is 0 Å². The van der Waals surface area contributed by atoms with Crippen molar-refractivity contribution in [2.24, 2.45) is 5.90 Å². The third-order valence-corrected chi connectivity index (χ3v) is 2.14. The average Bonchev–Trinajstić information content (AvgIpc) is 2.15. The normalized spacial score (nSPS) is 11.6. The lowest BCUT2D eigenvalue weighted by molar-refractivity contribution is -0.0276. The predicted octanol–water partition coefficient (Wildman–Crippen LogP) is 2.10. The molecule has 0 unspecified atom stereocenters. The van der Waals surface area contributed by atoms with Gasteiger partial charge in [-0.25, -0.2) is 14.7 Å². The Morgan fingerprint density at radius 2 is 1.87 bits per heavy atom. The molecule has 0 radical (unpaired) electrons. The first-order chi connectivity index (χ1) is 6.92. The standard InChI is InChI=1S/C10H13F2NO2/c1-10(2,15-13)9-7(12)4-6(11)5-8(9)14-3/h4-5H,13H2,1-3H3. The number of halogens is 2. The van der Waals surface area contributed by atoms with E-state index in [1.807, 2.05) is 0 Å². The van der Waals surface area contributed by atoms with E-state index in [9.17, 15) is 8.78 Å². The second-order valence-corrected chi connectivity index (χ2v) is 3.59. The smallest absolute Gasteiger partial charge is 0.136 e. The minimum atomic E-state index is -1.08. The first-order valence-electron chi connectivity index (χ1n) is 4.33. The van der Waals surface area contributed by atoms with Crippen LogP contribution in [0, 0.1) is 11.6 Å². The molecule has 0 spiro atoms. The second-order valence-electron chi connectivity index (χ2n) is 3.59. The third kappa shape index (κ3) is 2.24. The molecule has 1 aromatic carbocycles. The van der Waals surface area contributed by atoms with Crippen LogP contribution in [0.3, 0.4) is 0 Å². The molecule has 0 saturated heterocycles. The van der Waals surface area contributed by atoms with Crippen LogP contribution in [0.25, 0.3) is 0 Å². The topological polar surface area (TPSA) is 44.5 Å². The fraction of sp³-hybridized carbons (Fsp3) is 0.400. The van der Waals surface area contributed by atoms with E-state index in [4.69, 9.17) is 10.6 Å². The lowest BCUT2D eigenvalue weighted by Gasteiger charge is -2.24. The molecule has 84 valence electrons. The number of benzene rings is 1. The van der Waals surface area contributed by atoms with Gasteiger partial charge in [0.15, 0.2) is 0 Å². The number of methoxy groups -OCH3 is 1. The molecule has 5 heteroatoms. The average molecular weight is 217 g/mol. The van der Waals surface area contributed by atoms with Gasteiger partial charge in [-0.3, -0.25) is 4.84 Å². The zero-order valence-electron chi connectivity index (χ0n) is 8.80. The molecule has 2 N–H and O–H groups in total. The van der Waals surface area contributed by atoms with Gasteiger partial charge in [-0.1, -0.05) is 0 Å². The van der Waals surface area contributed by atoms with Crippen LogP contribution < -0.4 is 10.6 Å². The summed E-state index contributed by atoms with van der Waals surface area (Å²) in [6, 6.07) is 1.85. The van der Waals surface area contributed by atoms with Crippen molar-refractivity contribution in [3.8, 4) is 5.75 Å². The number of rotatable bonds is 3. The Hall–Kier alpha value is -1.20. The Labute approximate surface area is 86.7 Å². The van der Waals surface area contributed by atoms with Crippen molar-refractivity contribution in [2.75, 3.05) is 7.11 Å². The van der Waals surface area contributed by atoms with E-state index in [2.05, 4.69) is 4.84 Å². The molecule has 0 saturated carbocycles. The molecule has 1 aromatic rings. The van der Waals surface area contributed by atoms with Crippen molar-refractivity contribution in [3.63, 3.8) is 0 Å². The van der Waals surface area contributed by atoms with Crippen LogP contribution in [0.15, 0.2) is 12.1 Å². The maximum Gasteiger partial charge on any atom is 0.136 e. The van der Waals surface area contributed by atoms with Gasteiger partial charge in [-0.05, 0) is 13.8 Å². The Bertz CT molecular complexity index is 367. The van der Waals surface area contributed by atoms with E-state index in [0.29, 0.717) is 0 Å². The summed E-state index contributed by atoms with van der Waals surface area (Å²) in [5, 5.41) is 0. The van der Waals surface area contributed by atoms with Gasteiger partial charge in [0.25, 0.3) is 0 Å². The van der Waals surface area contributed by atoms with Gasteiger partial charge in [0.1, 0.15) is 23.0 Å². The molecule has 0 heterocycles. The van der Waals surface area contributed by atoms with Crippen LogP contribution in [0.5, 0.6) is 5.75 Å². The van der Waals surface area contributed by atoms with Crippen LogP contribution >= 0.6 is 0 Å². The van der Waals surface area contributed by atoms with Crippen LogP contribution in [-0.2, 0) is 10.4 Å². The second kappa shape index (κ2) is 4.12. The maximum absolute atomic E-state index is 13.5. The summed E-state index contributed by atoms with van der Waals surface area (Å²) in [6.07, 6.45) is 0. The highest BCUT2D eigenvalue weighted by molar-refractivity contribution is 5.39. The highest BCUT2D eigenvalue weighted by Crippen LogP contribution is 2.34. The minimum absolute atomic E-state index is 0.0722. The van der Waals surface area contributed by atoms with Gasteiger partial charge in [0.05, 0.1) is 12.7 Å². The van der Waals surface area contributed by atoms with Crippen LogP contribution in [0.1, 0.15) is 19.4 Å². The molecule has 1 rings (SSSR count). The van der Waals surface area contributed by atoms with Gasteiger partial charge >= 0.3 is 0 Å². The first-order valence-corrected chi connectivity index (χ1v) is 4.33. The highest BCUT2D eigenvalue weighted by atomic mass is 19.1. The highest BCUT2D eigenvalue weighted by Gasteiger charge is 2.29. The lowest BCUT2D eigenvalue weighted by atomic mass is 9.96. The quantitative estimate of drug-likeness (QED) is 0.788. The van der Waals surface area contributed by atoms with E-state index < -0.39 is 17.2 Å². The van der Waals surface area contributed by atoms with Gasteiger partial charge < -0.3 is 4.74 Å². The van der Waals surface area contributed by atoms with Gasteiger partial charge in [-0.15, -0.1) is 0 Å². The molecule has 0 aromatic heterocycles. The summed E-state index contributed by atoms with van der Waals surface area (Å²) in [5.41, 5.74) is -0.989. The molecule has 0 atom stereocenters. The van der Waals surface area contributed by atoms with Crippen LogP contribution in [0.4, 0.5) is 8.78 Å². The molecule has 3 nitrogen and oxygen atoms in total.